The van der Waals surface area contributed by atoms with E-state index in [1.807, 2.05) is 12.1 Å². The Hall–Kier alpha value is -3.56. The summed E-state index contributed by atoms with van der Waals surface area (Å²) in [5.41, 5.74) is 0.363. The van der Waals surface area contributed by atoms with Crippen molar-refractivity contribution in [1.82, 2.24) is 5.32 Å². The van der Waals surface area contributed by atoms with Crippen LogP contribution in [0.25, 0.3) is 0 Å². The number of rotatable bonds is 5. The van der Waals surface area contributed by atoms with Crippen LogP contribution < -0.4 is 15.0 Å². The lowest BCUT2D eigenvalue weighted by Gasteiger charge is -2.49. The Morgan fingerprint density at radius 3 is 2.64 bits per heavy atom. The predicted octanol–water partition coefficient (Wildman–Crippen LogP) is 3.37. The van der Waals surface area contributed by atoms with Crippen LogP contribution in [0.5, 0.6) is 5.75 Å². The van der Waals surface area contributed by atoms with Gasteiger partial charge in [-0.3, -0.25) is 24.5 Å². The number of imide groups is 2. The van der Waals surface area contributed by atoms with Gasteiger partial charge in [0.2, 0.25) is 23.6 Å². The maximum atomic E-state index is 14.3. The zero-order chi connectivity index (χ0) is 27.6. The second kappa shape index (κ2) is 9.27. The minimum Gasteiger partial charge on any atom is -0.491 e. The summed E-state index contributed by atoms with van der Waals surface area (Å²) in [6.07, 6.45) is 2.48. The lowest BCUT2D eigenvalue weighted by atomic mass is 9.51. The van der Waals surface area contributed by atoms with Gasteiger partial charge < -0.3 is 9.84 Å². The molecule has 4 amide bonds. The molecule has 2 saturated heterocycles. The Labute approximate surface area is 228 Å². The van der Waals surface area contributed by atoms with E-state index in [9.17, 15) is 28.7 Å². The number of nitrogens with one attached hydrogen (secondary N) is 1. The molecule has 0 aromatic heterocycles. The van der Waals surface area contributed by atoms with Crippen LogP contribution in [0.2, 0.25) is 5.02 Å². The van der Waals surface area contributed by atoms with Gasteiger partial charge in [-0.1, -0.05) is 41.4 Å². The van der Waals surface area contributed by atoms with Gasteiger partial charge >= 0.3 is 0 Å². The normalized spacial score (nSPS) is 31.4. The summed E-state index contributed by atoms with van der Waals surface area (Å²) in [5, 5.41) is 11.6. The second-order valence-corrected chi connectivity index (χ2v) is 11.1. The Kier molecular flexibility index (Phi) is 6.11. The smallest absolute Gasteiger partial charge is 0.241 e. The number of aliphatic hydroxyl groups is 1. The first-order chi connectivity index (χ1) is 18.7. The molecule has 2 aromatic carbocycles. The third kappa shape index (κ3) is 3.67. The van der Waals surface area contributed by atoms with E-state index in [4.69, 9.17) is 16.3 Å². The fourth-order valence-corrected chi connectivity index (χ4v) is 7.32. The Bertz CT molecular complexity index is 1460. The largest absolute Gasteiger partial charge is 0.491 e. The van der Waals surface area contributed by atoms with Gasteiger partial charge in [0.15, 0.2) is 0 Å². The number of carbonyl (C=O) groups excluding carboxylic acids is 4. The van der Waals surface area contributed by atoms with E-state index in [1.165, 1.54) is 12.1 Å². The third-order valence-corrected chi connectivity index (χ3v) is 9.15. The van der Waals surface area contributed by atoms with E-state index in [-0.39, 0.29) is 42.2 Å². The number of amides is 4. The minimum atomic E-state index is -1.27. The molecule has 0 bridgehead atoms. The van der Waals surface area contributed by atoms with E-state index in [0.29, 0.717) is 17.7 Å². The zero-order valence-corrected chi connectivity index (χ0v) is 21.8. The second-order valence-electron chi connectivity index (χ2n) is 10.7. The van der Waals surface area contributed by atoms with Crippen LogP contribution in [-0.4, -0.2) is 41.9 Å². The average Bonchev–Trinajstić information content (AvgIpc) is 3.32. The highest BCUT2D eigenvalue weighted by Crippen LogP contribution is 2.64. The molecule has 6 unspecified atom stereocenters. The summed E-state index contributed by atoms with van der Waals surface area (Å²) in [7, 11) is 0. The monoisotopic (exact) mass is 552 g/mol. The van der Waals surface area contributed by atoms with Gasteiger partial charge in [0.1, 0.15) is 18.2 Å². The van der Waals surface area contributed by atoms with Gasteiger partial charge in [0.05, 0.1) is 40.5 Å². The Balaban J connectivity index is 1.54. The first-order valence-corrected chi connectivity index (χ1v) is 13.3. The average molecular weight is 553 g/mol. The number of fused-ring (bicyclic) bond motifs is 4. The van der Waals surface area contributed by atoms with Crippen LogP contribution in [0, 0.1) is 34.9 Å². The first kappa shape index (κ1) is 25.7. The highest BCUT2D eigenvalue weighted by Gasteiger charge is 2.67. The van der Waals surface area contributed by atoms with Crippen molar-refractivity contribution < 1.29 is 33.4 Å². The maximum absolute atomic E-state index is 14.3. The molecule has 2 heterocycles. The summed E-state index contributed by atoms with van der Waals surface area (Å²) in [6.45, 7) is 1.56. The fraction of sp³-hybridized carbons (Fsp3) is 0.379. The quantitative estimate of drug-likeness (QED) is 0.434. The molecule has 3 fully saturated rings. The van der Waals surface area contributed by atoms with Crippen LogP contribution in [0.3, 0.4) is 0 Å². The van der Waals surface area contributed by atoms with E-state index < -0.39 is 52.6 Å². The summed E-state index contributed by atoms with van der Waals surface area (Å²) in [5.74, 6) is -4.94. The van der Waals surface area contributed by atoms with Crippen LogP contribution in [0.1, 0.15) is 31.2 Å². The highest BCUT2D eigenvalue weighted by atomic mass is 35.5. The SMILES string of the molecule is CC12C(=O)N(c3ccc(F)c(Cl)c3)C(=O)C1CC1C(=CCC3C(=O)NC(=O)C31)C2c1ccccc1OCCO. The number of anilines is 1. The standard InChI is InChI=1S/C29H26ClFN2O6/c1-29-19(27(37)33(28(29)38)14-6-9-21(31)20(30)12-14)13-18-15(7-8-17-23(18)26(36)32-25(17)35)24(29)16-4-2-3-5-22(16)39-11-10-34/h2-7,9,12,17-19,23-24,34H,8,10-11,13H2,1H3,(H,32,35,36). The summed E-state index contributed by atoms with van der Waals surface area (Å²) >= 11 is 6.01. The minimum absolute atomic E-state index is 0.0288. The molecule has 10 heteroatoms. The number of ether oxygens (including phenoxy) is 1. The molecule has 0 spiro atoms. The van der Waals surface area contributed by atoms with E-state index in [1.54, 1.807) is 25.1 Å². The summed E-state index contributed by atoms with van der Waals surface area (Å²) in [4.78, 5) is 54.9. The topological polar surface area (TPSA) is 113 Å². The van der Waals surface area contributed by atoms with Crippen molar-refractivity contribution >= 4 is 40.9 Å². The number of hydrogen-bond donors (Lipinski definition) is 2. The van der Waals surface area contributed by atoms with Crippen LogP contribution in [-0.2, 0) is 19.2 Å². The van der Waals surface area contributed by atoms with E-state index in [2.05, 4.69) is 5.32 Å². The maximum Gasteiger partial charge on any atom is 0.241 e. The van der Waals surface area contributed by atoms with Crippen molar-refractivity contribution in [3.63, 3.8) is 0 Å². The molecule has 6 atom stereocenters. The van der Waals surface area contributed by atoms with Crippen molar-refractivity contribution in [3.8, 4) is 5.75 Å². The highest BCUT2D eigenvalue weighted by molar-refractivity contribution is 6.31. The van der Waals surface area contributed by atoms with Crippen molar-refractivity contribution in [2.24, 2.45) is 29.1 Å². The van der Waals surface area contributed by atoms with Gasteiger partial charge in [-0.15, -0.1) is 0 Å². The Morgan fingerprint density at radius 2 is 1.90 bits per heavy atom. The van der Waals surface area contributed by atoms with Crippen LogP contribution in [0.15, 0.2) is 54.1 Å². The molecule has 2 aliphatic carbocycles. The van der Waals surface area contributed by atoms with Crippen molar-refractivity contribution in [3.05, 3.63) is 70.5 Å². The number of allylic oxidation sites excluding steroid dienone is 2. The molecule has 4 aliphatic rings. The molecule has 0 radical (unpaired) electrons. The molecular formula is C29H26ClFN2O6. The van der Waals surface area contributed by atoms with E-state index in [0.717, 1.165) is 16.5 Å². The number of carbonyl (C=O) groups is 4. The number of hydrogen-bond acceptors (Lipinski definition) is 6. The summed E-state index contributed by atoms with van der Waals surface area (Å²) in [6, 6.07) is 10.9. The van der Waals surface area contributed by atoms with Gasteiger partial charge in [0, 0.05) is 11.5 Å². The number of para-hydroxylation sites is 1. The Morgan fingerprint density at radius 1 is 1.13 bits per heavy atom. The molecule has 1 saturated carbocycles. The zero-order valence-electron chi connectivity index (χ0n) is 21.0. The number of benzene rings is 2. The number of halogens is 2. The molecule has 8 nitrogen and oxygen atoms in total. The van der Waals surface area contributed by atoms with Crippen LogP contribution in [0.4, 0.5) is 10.1 Å². The van der Waals surface area contributed by atoms with Crippen LogP contribution >= 0.6 is 11.6 Å². The molecular weight excluding hydrogens is 527 g/mol. The molecule has 2 N–H and O–H groups in total. The third-order valence-electron chi connectivity index (χ3n) is 8.86. The van der Waals surface area contributed by atoms with Crippen molar-refractivity contribution in [2.75, 3.05) is 18.1 Å². The van der Waals surface area contributed by atoms with Gasteiger partial charge in [-0.05, 0) is 49.9 Å². The first-order valence-electron chi connectivity index (χ1n) is 12.9. The lowest BCUT2D eigenvalue weighted by Crippen LogP contribution is -2.48. The van der Waals surface area contributed by atoms with Crippen molar-refractivity contribution in [2.45, 2.75) is 25.7 Å². The lowest BCUT2D eigenvalue weighted by molar-refractivity contribution is -0.131. The van der Waals surface area contributed by atoms with E-state index >= 15 is 0 Å². The van der Waals surface area contributed by atoms with Gasteiger partial charge in [-0.2, -0.15) is 0 Å². The molecule has 2 aliphatic heterocycles. The molecule has 2 aromatic rings. The fourth-order valence-electron chi connectivity index (χ4n) is 7.15. The van der Waals surface area contributed by atoms with Gasteiger partial charge in [0.25, 0.3) is 0 Å². The summed E-state index contributed by atoms with van der Waals surface area (Å²) < 4.78 is 19.8. The number of nitrogens with zero attached hydrogens (tertiary/aromatic N) is 1. The van der Waals surface area contributed by atoms with Gasteiger partial charge in [-0.25, -0.2) is 9.29 Å². The molecule has 202 valence electrons. The molecule has 6 rings (SSSR count). The van der Waals surface area contributed by atoms with Crippen molar-refractivity contribution in [1.29, 1.82) is 0 Å². The predicted molar refractivity (Wildman–Crippen MR) is 138 cm³/mol. The molecule has 39 heavy (non-hydrogen) atoms. The number of aliphatic hydroxyl groups excluding tert-OH is 1.